The van der Waals surface area contributed by atoms with E-state index in [4.69, 9.17) is 40.5 Å². The normalized spacial score (nSPS) is 11.4. The summed E-state index contributed by atoms with van der Waals surface area (Å²) in [5, 5.41) is 7.05. The number of H-pyrrole nitrogens is 2. The Bertz CT molecular complexity index is 2520. The van der Waals surface area contributed by atoms with E-state index in [1.807, 2.05) is 30.3 Å². The van der Waals surface area contributed by atoms with Gasteiger partial charge >= 0.3 is 0 Å². The van der Waals surface area contributed by atoms with Crippen molar-refractivity contribution < 1.29 is 0 Å². The van der Waals surface area contributed by atoms with Gasteiger partial charge in [0.1, 0.15) is 0 Å². The van der Waals surface area contributed by atoms with Gasteiger partial charge in [0.05, 0.1) is 22.8 Å². The Kier molecular flexibility index (Phi) is 11.7. The van der Waals surface area contributed by atoms with Crippen molar-refractivity contribution in [3.8, 4) is 22.8 Å². The summed E-state index contributed by atoms with van der Waals surface area (Å²) in [6.45, 7) is 13.2. The minimum absolute atomic E-state index is 0.0774. The van der Waals surface area contributed by atoms with Crippen molar-refractivity contribution in [2.45, 2.75) is 52.4 Å². The maximum Gasteiger partial charge on any atom is 0.227 e. The second kappa shape index (κ2) is 16.4. The summed E-state index contributed by atoms with van der Waals surface area (Å²) < 4.78 is 0. The number of aromatic amines is 2. The molecule has 6 heterocycles. The predicted octanol–water partition coefficient (Wildman–Crippen LogP) is 11.6. The fourth-order valence-electron chi connectivity index (χ4n) is 5.43. The van der Waals surface area contributed by atoms with Crippen LogP contribution in [-0.2, 0) is 10.8 Å². The number of anilines is 3. The van der Waals surface area contributed by atoms with Crippen LogP contribution in [0.15, 0.2) is 110 Å². The van der Waals surface area contributed by atoms with Crippen LogP contribution < -0.4 is 11.1 Å². The molecule has 280 valence electrons. The molecule has 8 rings (SSSR count). The maximum absolute atomic E-state index is 6.05. The van der Waals surface area contributed by atoms with E-state index < -0.39 is 0 Å². The van der Waals surface area contributed by atoms with Crippen LogP contribution in [0.1, 0.15) is 52.9 Å². The van der Waals surface area contributed by atoms with E-state index in [2.05, 4.69) is 111 Å². The Morgan fingerprint density at radius 1 is 0.527 bits per heavy atom. The minimum Gasteiger partial charge on any atom is -0.399 e. The van der Waals surface area contributed by atoms with E-state index >= 15 is 0 Å². The Balaban J connectivity index is 0.000000155. The van der Waals surface area contributed by atoms with Crippen LogP contribution in [0.4, 0.5) is 17.3 Å². The summed E-state index contributed by atoms with van der Waals surface area (Å²) in [5.41, 5.74) is 15.2. The number of nitrogens with zero attached hydrogens (tertiary/aromatic N) is 6. The van der Waals surface area contributed by atoms with Gasteiger partial charge in [0.15, 0.2) is 0 Å². The topological polar surface area (TPSA) is 147 Å². The Hall–Kier alpha value is -5.55. The zero-order valence-electron chi connectivity index (χ0n) is 31.3. The molecule has 10 nitrogen and oxygen atoms in total. The summed E-state index contributed by atoms with van der Waals surface area (Å²) in [7, 11) is 0. The molecule has 13 heteroatoms. The number of nitrogens with two attached hydrogens (primary N) is 1. The van der Waals surface area contributed by atoms with Gasteiger partial charge in [-0.25, -0.2) is 19.9 Å². The summed E-state index contributed by atoms with van der Waals surface area (Å²) in [6.07, 6.45) is 6.57. The van der Waals surface area contributed by atoms with Gasteiger partial charge in [0, 0.05) is 90.2 Å². The molecule has 0 bridgehead atoms. The molecule has 5 N–H and O–H groups in total. The Labute approximate surface area is 335 Å². The average Bonchev–Trinajstić information content (AvgIpc) is 3.77. The molecule has 0 amide bonds. The number of aromatic nitrogens is 8. The van der Waals surface area contributed by atoms with Gasteiger partial charge < -0.3 is 21.0 Å². The number of fused-ring (bicyclic) bond motifs is 2. The van der Waals surface area contributed by atoms with Gasteiger partial charge in [0.2, 0.25) is 11.2 Å². The number of hydrogen-bond acceptors (Lipinski definition) is 8. The first-order valence-corrected chi connectivity index (χ1v) is 18.6. The third-order valence-electron chi connectivity index (χ3n) is 8.39. The Morgan fingerprint density at radius 3 is 1.58 bits per heavy atom. The first kappa shape index (κ1) is 39.2. The molecule has 0 aliphatic rings. The van der Waals surface area contributed by atoms with E-state index in [1.165, 1.54) is 16.8 Å². The molecule has 55 heavy (non-hydrogen) atoms. The summed E-state index contributed by atoms with van der Waals surface area (Å²) in [5.74, 6) is 0.514. The van der Waals surface area contributed by atoms with Gasteiger partial charge in [-0.1, -0.05) is 64.7 Å². The largest absolute Gasteiger partial charge is 0.399 e. The predicted molar refractivity (Wildman–Crippen MR) is 227 cm³/mol. The van der Waals surface area contributed by atoms with Crippen molar-refractivity contribution in [2.75, 3.05) is 11.1 Å². The summed E-state index contributed by atoms with van der Waals surface area (Å²) in [4.78, 5) is 32.0. The van der Waals surface area contributed by atoms with Crippen molar-refractivity contribution in [2.24, 2.45) is 0 Å². The zero-order valence-corrected chi connectivity index (χ0v) is 33.6. The fourth-order valence-corrected chi connectivity index (χ4v) is 5.89. The van der Waals surface area contributed by atoms with Crippen LogP contribution in [0.2, 0.25) is 15.3 Å². The lowest BCUT2D eigenvalue weighted by Gasteiger charge is -2.15. The van der Waals surface area contributed by atoms with Crippen LogP contribution in [0.3, 0.4) is 0 Å². The minimum atomic E-state index is 0.0774. The lowest BCUT2D eigenvalue weighted by atomic mass is 9.92. The van der Waals surface area contributed by atoms with Crippen LogP contribution >= 0.6 is 34.8 Å². The number of hydrogen-bond donors (Lipinski definition) is 4. The highest BCUT2D eigenvalue weighted by atomic mass is 35.5. The molecule has 0 fully saturated rings. The molecule has 0 unspecified atom stereocenters. The van der Waals surface area contributed by atoms with E-state index in [-0.39, 0.29) is 16.1 Å². The highest BCUT2D eigenvalue weighted by Crippen LogP contribution is 2.29. The number of pyridine rings is 2. The van der Waals surface area contributed by atoms with E-state index in [0.717, 1.165) is 27.8 Å². The maximum atomic E-state index is 6.05. The van der Waals surface area contributed by atoms with Crippen LogP contribution in [0.5, 0.6) is 0 Å². The van der Waals surface area contributed by atoms with E-state index in [1.54, 1.807) is 55.1 Å². The van der Waals surface area contributed by atoms with Crippen molar-refractivity contribution in [3.63, 3.8) is 0 Å². The average molecular weight is 792 g/mol. The quantitative estimate of drug-likeness (QED) is 0.102. The van der Waals surface area contributed by atoms with Crippen molar-refractivity contribution >= 4 is 73.9 Å². The number of nitrogens with one attached hydrogen (secondary N) is 3. The first-order valence-electron chi connectivity index (χ1n) is 17.5. The summed E-state index contributed by atoms with van der Waals surface area (Å²) in [6, 6.07) is 27.0. The van der Waals surface area contributed by atoms with Crippen molar-refractivity contribution in [1.29, 1.82) is 0 Å². The number of benzene rings is 2. The van der Waals surface area contributed by atoms with Gasteiger partial charge in [-0.3, -0.25) is 9.97 Å². The number of rotatable bonds is 4. The van der Waals surface area contributed by atoms with Gasteiger partial charge in [-0.2, -0.15) is 0 Å². The molecule has 0 radical (unpaired) electrons. The highest BCUT2D eigenvalue weighted by molar-refractivity contribution is 6.31. The Morgan fingerprint density at radius 2 is 1.04 bits per heavy atom. The fraction of sp³-hybridized carbons (Fsp3) is 0.190. The van der Waals surface area contributed by atoms with Crippen molar-refractivity contribution in [1.82, 2.24) is 39.9 Å². The lowest BCUT2D eigenvalue weighted by molar-refractivity contribution is 0.574. The molecule has 0 saturated carbocycles. The third-order valence-corrected chi connectivity index (χ3v) is 9.04. The molecule has 0 aliphatic heterocycles. The second-order valence-electron chi connectivity index (χ2n) is 14.8. The molecule has 0 spiro atoms. The standard InChI is InChI=1S/C21H20ClN5.C12H16N2.C9H5Cl2N3/c1-21(2,3)19-11-13-10-15(4-5-16(13)26-19)25-20-24-9-7-17(27-20)18-12-14(22)6-8-23-18;1-12(2,3)11-7-8-6-9(13)4-5-10(8)14-11;10-6-1-3-12-8(5-6)7-2-4-13-9(11)14-7/h4-12,26H,1-3H3,(H,24,25,27);4-7,14H,13H2,1-3H3;1-5H. The first-order chi connectivity index (χ1) is 26.1. The van der Waals surface area contributed by atoms with Gasteiger partial charge in [-0.15, -0.1) is 0 Å². The van der Waals surface area contributed by atoms with Gasteiger partial charge in [-0.05, 0) is 96.5 Å². The van der Waals surface area contributed by atoms with E-state index in [0.29, 0.717) is 38.8 Å². The molecule has 8 aromatic rings. The molecule has 2 aromatic carbocycles. The molecule has 0 saturated heterocycles. The molecule has 0 aliphatic carbocycles. The number of nitrogen functional groups attached to an aromatic ring is 1. The highest BCUT2D eigenvalue weighted by Gasteiger charge is 2.17. The van der Waals surface area contributed by atoms with Gasteiger partial charge in [0.25, 0.3) is 0 Å². The smallest absolute Gasteiger partial charge is 0.227 e. The summed E-state index contributed by atoms with van der Waals surface area (Å²) >= 11 is 17.5. The molecule has 0 atom stereocenters. The molecule has 6 aromatic heterocycles. The van der Waals surface area contributed by atoms with Crippen molar-refractivity contribution in [3.05, 3.63) is 136 Å². The SMILES string of the molecule is CC(C)(C)c1cc2cc(N)ccc2[nH]1.CC(C)(C)c1cc2cc(Nc3nccc(-c4cc(Cl)ccn4)n3)ccc2[nH]1.Clc1ccnc(-c2ccnc(Cl)n2)c1. The van der Waals surface area contributed by atoms with Crippen LogP contribution in [0.25, 0.3) is 44.6 Å². The zero-order chi connectivity index (χ0) is 39.3. The number of halogens is 3. The monoisotopic (exact) mass is 790 g/mol. The second-order valence-corrected chi connectivity index (χ2v) is 16.0. The van der Waals surface area contributed by atoms with Crippen LogP contribution in [0, 0.1) is 0 Å². The molecular formula is C42H41Cl3N10. The van der Waals surface area contributed by atoms with E-state index in [9.17, 15) is 0 Å². The van der Waals surface area contributed by atoms with Crippen LogP contribution in [-0.4, -0.2) is 39.9 Å². The molecular weight excluding hydrogens is 751 g/mol. The lowest BCUT2D eigenvalue weighted by Crippen LogP contribution is -2.10. The third kappa shape index (κ3) is 10.4.